The number of hydrogen-bond donors (Lipinski definition) is 1. The summed E-state index contributed by atoms with van der Waals surface area (Å²) in [7, 11) is 0. The van der Waals surface area contributed by atoms with Crippen LogP contribution in [0.5, 0.6) is 0 Å². The lowest BCUT2D eigenvalue weighted by Gasteiger charge is -2.40. The van der Waals surface area contributed by atoms with E-state index in [2.05, 4.69) is 11.9 Å². The zero-order chi connectivity index (χ0) is 24.1. The fourth-order valence-corrected chi connectivity index (χ4v) is 5.50. The predicted molar refractivity (Wildman–Crippen MR) is 130 cm³/mol. The van der Waals surface area contributed by atoms with Crippen molar-refractivity contribution in [1.82, 2.24) is 14.5 Å². The fourth-order valence-electron chi connectivity index (χ4n) is 5.50. The molecule has 2 heterocycles. The van der Waals surface area contributed by atoms with Crippen molar-refractivity contribution in [1.29, 1.82) is 0 Å². The largest absolute Gasteiger partial charge is 0.388 e. The summed E-state index contributed by atoms with van der Waals surface area (Å²) in [5, 5.41) is 11.2. The van der Waals surface area contributed by atoms with Gasteiger partial charge in [-0.2, -0.15) is 0 Å². The first-order chi connectivity index (χ1) is 16.4. The quantitative estimate of drug-likeness (QED) is 0.652. The molecule has 2 aliphatic rings. The molecule has 1 aliphatic heterocycles. The summed E-state index contributed by atoms with van der Waals surface area (Å²) in [5.41, 5.74) is -0.864. The third kappa shape index (κ3) is 5.74. The van der Waals surface area contributed by atoms with Gasteiger partial charge in [0.1, 0.15) is 5.82 Å². The standard InChI is InChI=1S/C27H36FN3O3/c1-2-21(16-20-8-4-3-5-9-20)26(33)30-14-12-27(34,13-15-30)18-31-19-29-24(17-25(31)32)22-10-6-7-11-23(22)28/h6-7,10-11,17,19-21,34H,2-5,8-9,12-16,18H2,1H3. The number of rotatable bonds is 7. The van der Waals surface area contributed by atoms with Crippen LogP contribution in [-0.2, 0) is 11.3 Å². The highest BCUT2D eigenvalue weighted by atomic mass is 19.1. The number of aromatic nitrogens is 2. The molecule has 1 aliphatic carbocycles. The van der Waals surface area contributed by atoms with Crippen molar-refractivity contribution >= 4 is 5.91 Å². The molecule has 6 nitrogen and oxygen atoms in total. The normalized spacial score (nSPS) is 19.7. The van der Waals surface area contributed by atoms with Crippen molar-refractivity contribution < 1.29 is 14.3 Å². The topological polar surface area (TPSA) is 75.4 Å². The Labute approximate surface area is 200 Å². The molecular formula is C27H36FN3O3. The van der Waals surface area contributed by atoms with Crippen LogP contribution in [0.1, 0.15) is 64.7 Å². The summed E-state index contributed by atoms with van der Waals surface area (Å²) in [6.07, 6.45) is 10.4. The van der Waals surface area contributed by atoms with Crippen LogP contribution in [0, 0.1) is 17.7 Å². The van der Waals surface area contributed by atoms with Gasteiger partial charge in [0, 0.05) is 30.6 Å². The molecule has 1 amide bonds. The number of aliphatic hydroxyl groups is 1. The van der Waals surface area contributed by atoms with Crippen LogP contribution < -0.4 is 5.56 Å². The van der Waals surface area contributed by atoms with E-state index in [0.717, 1.165) is 12.8 Å². The van der Waals surface area contributed by atoms with E-state index in [4.69, 9.17) is 0 Å². The van der Waals surface area contributed by atoms with Crippen molar-refractivity contribution in [2.24, 2.45) is 11.8 Å². The first kappa shape index (κ1) is 24.6. The summed E-state index contributed by atoms with van der Waals surface area (Å²) in [6.45, 7) is 3.19. The second kappa shape index (κ2) is 10.8. The minimum atomic E-state index is -1.08. The molecular weight excluding hydrogens is 433 g/mol. The van der Waals surface area contributed by atoms with E-state index < -0.39 is 11.4 Å². The van der Waals surface area contributed by atoms with Gasteiger partial charge >= 0.3 is 0 Å². The molecule has 1 atom stereocenters. The van der Waals surface area contributed by atoms with Gasteiger partial charge in [0.15, 0.2) is 0 Å². The Morgan fingerprint density at radius 1 is 1.21 bits per heavy atom. The van der Waals surface area contributed by atoms with Crippen LogP contribution in [0.25, 0.3) is 11.3 Å². The Hall–Kier alpha value is -2.54. The minimum absolute atomic E-state index is 0.0621. The molecule has 1 N–H and O–H groups in total. The van der Waals surface area contributed by atoms with E-state index >= 15 is 0 Å². The van der Waals surface area contributed by atoms with E-state index in [1.807, 2.05) is 4.90 Å². The van der Waals surface area contributed by atoms with E-state index in [1.165, 1.54) is 55.1 Å². The van der Waals surface area contributed by atoms with E-state index in [-0.39, 0.29) is 35.2 Å². The van der Waals surface area contributed by atoms with E-state index in [0.29, 0.717) is 31.8 Å². The lowest BCUT2D eigenvalue weighted by molar-refractivity contribution is -0.141. The van der Waals surface area contributed by atoms with Crippen LogP contribution in [0.3, 0.4) is 0 Å². The summed E-state index contributed by atoms with van der Waals surface area (Å²) < 4.78 is 15.4. The van der Waals surface area contributed by atoms with Crippen LogP contribution in [0.2, 0.25) is 0 Å². The molecule has 4 rings (SSSR count). The maximum atomic E-state index is 14.0. The smallest absolute Gasteiger partial charge is 0.253 e. The maximum Gasteiger partial charge on any atom is 0.253 e. The number of nitrogens with zero attached hydrogens (tertiary/aromatic N) is 3. The molecule has 1 saturated heterocycles. The molecule has 1 aromatic carbocycles. The van der Waals surface area contributed by atoms with Crippen molar-refractivity contribution in [2.75, 3.05) is 13.1 Å². The molecule has 1 aromatic heterocycles. The van der Waals surface area contributed by atoms with Crippen molar-refractivity contribution in [3.63, 3.8) is 0 Å². The highest BCUT2D eigenvalue weighted by Gasteiger charge is 2.36. The molecule has 2 aromatic rings. The predicted octanol–water partition coefficient (Wildman–Crippen LogP) is 4.40. The number of hydrogen-bond acceptors (Lipinski definition) is 4. The number of likely N-dealkylation sites (tertiary alicyclic amines) is 1. The average Bonchev–Trinajstić information content (AvgIpc) is 2.85. The molecule has 0 bridgehead atoms. The van der Waals surface area contributed by atoms with Crippen LogP contribution >= 0.6 is 0 Å². The summed E-state index contributed by atoms with van der Waals surface area (Å²) >= 11 is 0. The van der Waals surface area contributed by atoms with Gasteiger partial charge in [0.05, 0.1) is 24.2 Å². The Morgan fingerprint density at radius 2 is 1.91 bits per heavy atom. The molecule has 2 fully saturated rings. The third-order valence-electron chi connectivity index (χ3n) is 7.68. The van der Waals surface area contributed by atoms with E-state index in [9.17, 15) is 19.1 Å². The summed E-state index contributed by atoms with van der Waals surface area (Å²) in [4.78, 5) is 32.0. The van der Waals surface area contributed by atoms with Gasteiger partial charge in [-0.3, -0.25) is 14.2 Å². The van der Waals surface area contributed by atoms with Gasteiger partial charge in [-0.1, -0.05) is 51.2 Å². The van der Waals surface area contributed by atoms with Crippen molar-refractivity contribution in [3.8, 4) is 11.3 Å². The SMILES string of the molecule is CCC(CC1CCCCC1)C(=O)N1CCC(O)(Cn2cnc(-c3ccccc3F)cc2=O)CC1. The second-order valence-electron chi connectivity index (χ2n) is 10.1. The van der Waals surface area contributed by atoms with Crippen LogP contribution in [0.4, 0.5) is 4.39 Å². The number of carbonyl (C=O) groups is 1. The molecule has 184 valence electrons. The first-order valence-corrected chi connectivity index (χ1v) is 12.7. The molecule has 1 unspecified atom stereocenters. The highest BCUT2D eigenvalue weighted by Crippen LogP contribution is 2.32. The lowest BCUT2D eigenvalue weighted by atomic mass is 9.81. The van der Waals surface area contributed by atoms with Crippen LogP contribution in [-0.4, -0.2) is 44.2 Å². The van der Waals surface area contributed by atoms with Gasteiger partial charge in [-0.05, 0) is 43.7 Å². The summed E-state index contributed by atoms with van der Waals surface area (Å²) in [6, 6.07) is 7.50. The molecule has 7 heteroatoms. The number of halogens is 1. The fraction of sp³-hybridized carbons (Fsp3) is 0.593. The Kier molecular flexibility index (Phi) is 7.81. The minimum Gasteiger partial charge on any atom is -0.388 e. The lowest BCUT2D eigenvalue weighted by Crippen LogP contribution is -2.51. The van der Waals surface area contributed by atoms with Gasteiger partial charge in [0.2, 0.25) is 5.91 Å². The van der Waals surface area contributed by atoms with Gasteiger partial charge < -0.3 is 10.0 Å². The summed E-state index contributed by atoms with van der Waals surface area (Å²) in [5.74, 6) is 0.503. The molecule has 1 saturated carbocycles. The monoisotopic (exact) mass is 469 g/mol. The Bertz CT molecular complexity index is 1040. The van der Waals surface area contributed by atoms with Gasteiger partial charge in [-0.15, -0.1) is 0 Å². The van der Waals surface area contributed by atoms with E-state index in [1.54, 1.807) is 18.2 Å². The van der Waals surface area contributed by atoms with Gasteiger partial charge in [-0.25, -0.2) is 9.37 Å². The molecule has 34 heavy (non-hydrogen) atoms. The number of benzene rings is 1. The number of carbonyl (C=O) groups excluding carboxylic acids is 1. The number of piperidine rings is 1. The Morgan fingerprint density at radius 3 is 2.56 bits per heavy atom. The van der Waals surface area contributed by atoms with Crippen molar-refractivity contribution in [3.05, 3.63) is 52.8 Å². The third-order valence-corrected chi connectivity index (χ3v) is 7.68. The maximum absolute atomic E-state index is 14.0. The Balaban J connectivity index is 1.36. The highest BCUT2D eigenvalue weighted by molar-refractivity contribution is 5.79. The zero-order valence-electron chi connectivity index (χ0n) is 20.1. The van der Waals surface area contributed by atoms with Gasteiger partial charge in [0.25, 0.3) is 5.56 Å². The van der Waals surface area contributed by atoms with Crippen LogP contribution in [0.15, 0.2) is 41.5 Å². The second-order valence-corrected chi connectivity index (χ2v) is 10.1. The molecule has 0 radical (unpaired) electrons. The van der Waals surface area contributed by atoms with Crippen molar-refractivity contribution in [2.45, 2.75) is 76.9 Å². The zero-order valence-corrected chi connectivity index (χ0v) is 20.1. The average molecular weight is 470 g/mol. The number of amides is 1. The first-order valence-electron chi connectivity index (χ1n) is 12.7. The molecule has 0 spiro atoms.